The number of rotatable bonds is 7. The van der Waals surface area contributed by atoms with E-state index in [9.17, 15) is 13.2 Å². The smallest absolute Gasteiger partial charge is 0.262 e. The molecule has 1 aliphatic rings. The molecule has 0 aliphatic carbocycles. The maximum Gasteiger partial charge on any atom is 0.262 e. The topological polar surface area (TPSA) is 84.9 Å². The number of carbonyl (C=O) groups excluding carboxylic acids is 1. The Hall–Kier alpha value is -2.58. The molecule has 1 aliphatic heterocycles. The number of ether oxygens (including phenoxy) is 2. The molecule has 1 fully saturated rings. The minimum absolute atomic E-state index is 0.198. The summed E-state index contributed by atoms with van der Waals surface area (Å²) in [6.07, 6.45) is 1.78. The van der Waals surface area contributed by atoms with E-state index in [0.29, 0.717) is 30.3 Å². The summed E-state index contributed by atoms with van der Waals surface area (Å²) in [5.41, 5.74) is 0.556. The number of hydrogen-bond acceptors (Lipinski definition) is 5. The Morgan fingerprint density at radius 1 is 1.07 bits per heavy atom. The van der Waals surface area contributed by atoms with Gasteiger partial charge in [0.15, 0.2) is 6.61 Å². The Morgan fingerprint density at radius 2 is 1.74 bits per heavy atom. The molecule has 0 radical (unpaired) electrons. The summed E-state index contributed by atoms with van der Waals surface area (Å²) in [6, 6.07) is 13.2. The first-order chi connectivity index (χ1) is 13.0. The first-order valence-electron chi connectivity index (χ1n) is 8.66. The van der Waals surface area contributed by atoms with Gasteiger partial charge in [0.05, 0.1) is 17.7 Å². The molecule has 8 heteroatoms. The lowest BCUT2D eigenvalue weighted by Gasteiger charge is -2.15. The molecule has 1 N–H and O–H groups in total. The molecule has 1 amide bonds. The molecule has 0 unspecified atom stereocenters. The first kappa shape index (κ1) is 19.2. The van der Waals surface area contributed by atoms with Gasteiger partial charge in [0.1, 0.15) is 11.5 Å². The van der Waals surface area contributed by atoms with Gasteiger partial charge in [0, 0.05) is 13.1 Å². The van der Waals surface area contributed by atoms with E-state index in [2.05, 4.69) is 5.32 Å². The van der Waals surface area contributed by atoms with Gasteiger partial charge in [0.2, 0.25) is 10.0 Å². The third kappa shape index (κ3) is 4.58. The number of methoxy groups -OCH3 is 1. The van der Waals surface area contributed by atoms with Gasteiger partial charge >= 0.3 is 0 Å². The summed E-state index contributed by atoms with van der Waals surface area (Å²) >= 11 is 0. The highest BCUT2D eigenvalue weighted by Gasteiger charge is 2.26. The van der Waals surface area contributed by atoms with Gasteiger partial charge in [-0.15, -0.1) is 0 Å². The lowest BCUT2D eigenvalue weighted by molar-refractivity contribution is -0.118. The van der Waals surface area contributed by atoms with Crippen LogP contribution in [0.25, 0.3) is 0 Å². The van der Waals surface area contributed by atoms with Crippen LogP contribution in [0.3, 0.4) is 0 Å². The number of para-hydroxylation sites is 2. The van der Waals surface area contributed by atoms with Gasteiger partial charge in [-0.25, -0.2) is 8.42 Å². The van der Waals surface area contributed by atoms with Crippen LogP contribution in [0.5, 0.6) is 11.5 Å². The number of nitrogens with one attached hydrogen (secondary N) is 1. The number of sulfonamides is 1. The summed E-state index contributed by atoms with van der Waals surface area (Å²) in [5.74, 6) is 0.640. The maximum atomic E-state index is 12.5. The minimum atomic E-state index is -3.45. The van der Waals surface area contributed by atoms with E-state index in [-0.39, 0.29) is 17.4 Å². The van der Waals surface area contributed by atoms with Crippen molar-refractivity contribution in [2.75, 3.05) is 32.1 Å². The minimum Gasteiger partial charge on any atom is -0.495 e. The molecule has 3 rings (SSSR count). The van der Waals surface area contributed by atoms with E-state index in [1.165, 1.54) is 23.5 Å². The number of amides is 1. The highest BCUT2D eigenvalue weighted by Crippen LogP contribution is 2.24. The second-order valence-corrected chi connectivity index (χ2v) is 8.06. The average Bonchev–Trinajstić information content (AvgIpc) is 3.23. The summed E-state index contributed by atoms with van der Waals surface area (Å²) in [4.78, 5) is 12.3. The van der Waals surface area contributed by atoms with E-state index in [1.807, 2.05) is 6.07 Å². The Morgan fingerprint density at radius 3 is 2.41 bits per heavy atom. The van der Waals surface area contributed by atoms with Crippen molar-refractivity contribution in [3.8, 4) is 11.5 Å². The molecule has 2 aromatic carbocycles. The molecule has 1 saturated heterocycles. The summed E-state index contributed by atoms with van der Waals surface area (Å²) in [6.45, 7) is 0.920. The second-order valence-electron chi connectivity index (χ2n) is 6.12. The van der Waals surface area contributed by atoms with Crippen molar-refractivity contribution < 1.29 is 22.7 Å². The van der Waals surface area contributed by atoms with Crippen molar-refractivity contribution in [1.29, 1.82) is 0 Å². The number of carbonyl (C=O) groups is 1. The van der Waals surface area contributed by atoms with Crippen molar-refractivity contribution in [3.63, 3.8) is 0 Å². The zero-order valence-electron chi connectivity index (χ0n) is 15.1. The Kier molecular flexibility index (Phi) is 5.98. The molecule has 0 aromatic heterocycles. The van der Waals surface area contributed by atoms with Crippen molar-refractivity contribution in [3.05, 3.63) is 48.5 Å². The van der Waals surface area contributed by atoms with Crippen LogP contribution in [0.2, 0.25) is 0 Å². The zero-order chi connectivity index (χ0) is 19.3. The Bertz CT molecular complexity index is 891. The predicted octanol–water partition coefficient (Wildman–Crippen LogP) is 2.50. The van der Waals surface area contributed by atoms with Crippen LogP contribution in [-0.2, 0) is 14.8 Å². The van der Waals surface area contributed by atoms with Crippen molar-refractivity contribution in [2.24, 2.45) is 0 Å². The molecular formula is C19H22N2O5S. The van der Waals surface area contributed by atoms with E-state index in [0.717, 1.165) is 12.8 Å². The van der Waals surface area contributed by atoms with Gasteiger partial charge in [-0.1, -0.05) is 12.1 Å². The highest BCUT2D eigenvalue weighted by atomic mass is 32.2. The number of hydrogen-bond donors (Lipinski definition) is 1. The van der Waals surface area contributed by atoms with Crippen LogP contribution in [0.1, 0.15) is 12.8 Å². The van der Waals surface area contributed by atoms with Crippen molar-refractivity contribution >= 4 is 21.6 Å². The fourth-order valence-electron chi connectivity index (χ4n) is 2.87. The van der Waals surface area contributed by atoms with Crippen LogP contribution in [0, 0.1) is 0 Å². The maximum absolute atomic E-state index is 12.5. The zero-order valence-corrected chi connectivity index (χ0v) is 15.9. The SMILES string of the molecule is COc1ccccc1NC(=O)COc1ccc(S(=O)(=O)N2CCCC2)cc1. The Labute approximate surface area is 158 Å². The summed E-state index contributed by atoms with van der Waals surface area (Å²) < 4.78 is 37.1. The van der Waals surface area contributed by atoms with Gasteiger partial charge in [-0.05, 0) is 49.2 Å². The molecule has 0 bridgehead atoms. The molecular weight excluding hydrogens is 368 g/mol. The second kappa shape index (κ2) is 8.41. The molecule has 2 aromatic rings. The standard InChI is InChI=1S/C19H22N2O5S/c1-25-18-7-3-2-6-17(18)20-19(22)14-26-15-8-10-16(11-9-15)27(23,24)21-12-4-5-13-21/h2-3,6-11H,4-5,12-14H2,1H3,(H,20,22). The summed E-state index contributed by atoms with van der Waals surface area (Å²) in [5, 5.41) is 2.71. The van der Waals surface area contributed by atoms with Crippen molar-refractivity contribution in [1.82, 2.24) is 4.31 Å². The normalized spacial score (nSPS) is 14.7. The third-order valence-corrected chi connectivity index (χ3v) is 6.19. The monoisotopic (exact) mass is 390 g/mol. The number of anilines is 1. The van der Waals surface area contributed by atoms with Crippen LogP contribution in [-0.4, -0.2) is 45.4 Å². The van der Waals surface area contributed by atoms with Crippen LogP contribution in [0.4, 0.5) is 5.69 Å². The number of nitrogens with zero attached hydrogens (tertiary/aromatic N) is 1. The molecule has 1 heterocycles. The van der Waals surface area contributed by atoms with Gasteiger partial charge < -0.3 is 14.8 Å². The number of benzene rings is 2. The lowest BCUT2D eigenvalue weighted by Crippen LogP contribution is -2.27. The first-order valence-corrected chi connectivity index (χ1v) is 10.1. The molecule has 0 atom stereocenters. The fraction of sp³-hybridized carbons (Fsp3) is 0.316. The van der Waals surface area contributed by atoms with Gasteiger partial charge in [-0.3, -0.25) is 4.79 Å². The quantitative estimate of drug-likeness (QED) is 0.785. The fourth-order valence-corrected chi connectivity index (χ4v) is 4.39. The van der Waals surface area contributed by atoms with Gasteiger partial charge in [0.25, 0.3) is 5.91 Å². The molecule has 144 valence electrons. The largest absolute Gasteiger partial charge is 0.495 e. The molecule has 0 saturated carbocycles. The van der Waals surface area contributed by atoms with E-state index in [4.69, 9.17) is 9.47 Å². The van der Waals surface area contributed by atoms with Crippen molar-refractivity contribution in [2.45, 2.75) is 17.7 Å². The van der Waals surface area contributed by atoms with E-state index < -0.39 is 10.0 Å². The summed E-state index contributed by atoms with van der Waals surface area (Å²) in [7, 11) is -1.92. The van der Waals surface area contributed by atoms with Crippen LogP contribution < -0.4 is 14.8 Å². The third-order valence-electron chi connectivity index (χ3n) is 4.28. The lowest BCUT2D eigenvalue weighted by atomic mass is 10.3. The Balaban J connectivity index is 1.58. The van der Waals surface area contributed by atoms with E-state index >= 15 is 0 Å². The average molecular weight is 390 g/mol. The van der Waals surface area contributed by atoms with E-state index in [1.54, 1.807) is 30.3 Å². The van der Waals surface area contributed by atoms with Crippen LogP contribution >= 0.6 is 0 Å². The highest BCUT2D eigenvalue weighted by molar-refractivity contribution is 7.89. The van der Waals surface area contributed by atoms with Gasteiger partial charge in [-0.2, -0.15) is 4.31 Å². The predicted molar refractivity (Wildman–Crippen MR) is 102 cm³/mol. The molecule has 7 nitrogen and oxygen atoms in total. The molecule has 0 spiro atoms. The van der Waals surface area contributed by atoms with Crippen LogP contribution in [0.15, 0.2) is 53.4 Å². The molecule has 27 heavy (non-hydrogen) atoms.